The van der Waals surface area contributed by atoms with E-state index in [1.54, 1.807) is 0 Å². The van der Waals surface area contributed by atoms with Gasteiger partial charge in [0.2, 0.25) is 0 Å². The predicted molar refractivity (Wildman–Crippen MR) is 62.6 cm³/mol. The molecule has 1 aromatic rings. The molecule has 2 saturated carbocycles. The standard InChI is InChI=1S/C12H13ClOS/c13-9-5-6-15-12(9)11(14)10-7-3-1-2-4-8(7)10/h5-8,10H,1-4H2. The van der Waals surface area contributed by atoms with Crippen LogP contribution in [-0.2, 0) is 0 Å². The highest BCUT2D eigenvalue weighted by molar-refractivity contribution is 7.12. The van der Waals surface area contributed by atoms with E-state index in [4.69, 9.17) is 11.6 Å². The first-order valence-corrected chi connectivity index (χ1v) is 6.82. The Kier molecular flexibility index (Phi) is 2.37. The maximum atomic E-state index is 12.2. The van der Waals surface area contributed by atoms with E-state index in [0.29, 0.717) is 28.6 Å². The summed E-state index contributed by atoms with van der Waals surface area (Å²) in [6, 6.07) is 1.82. The van der Waals surface area contributed by atoms with Crippen LogP contribution < -0.4 is 0 Å². The van der Waals surface area contributed by atoms with Crippen LogP contribution in [0.15, 0.2) is 11.4 Å². The molecule has 0 N–H and O–H groups in total. The molecule has 3 rings (SSSR count). The third kappa shape index (κ3) is 1.55. The van der Waals surface area contributed by atoms with Crippen molar-refractivity contribution < 1.29 is 4.79 Å². The lowest BCUT2D eigenvalue weighted by Crippen LogP contribution is -2.02. The molecule has 0 saturated heterocycles. The average molecular weight is 241 g/mol. The minimum absolute atomic E-state index is 0.309. The molecule has 2 aliphatic carbocycles. The number of hydrogen-bond acceptors (Lipinski definition) is 2. The van der Waals surface area contributed by atoms with Crippen molar-refractivity contribution in [3.05, 3.63) is 21.3 Å². The normalized spacial score (nSPS) is 33.5. The van der Waals surface area contributed by atoms with E-state index in [1.165, 1.54) is 37.0 Å². The summed E-state index contributed by atoms with van der Waals surface area (Å²) in [6.07, 6.45) is 5.13. The fourth-order valence-electron chi connectivity index (χ4n) is 3.00. The molecule has 2 unspecified atom stereocenters. The van der Waals surface area contributed by atoms with E-state index < -0.39 is 0 Å². The van der Waals surface area contributed by atoms with Gasteiger partial charge in [-0.2, -0.15) is 0 Å². The molecule has 3 heteroatoms. The smallest absolute Gasteiger partial charge is 0.177 e. The summed E-state index contributed by atoms with van der Waals surface area (Å²) < 4.78 is 0. The minimum Gasteiger partial charge on any atom is -0.293 e. The maximum Gasteiger partial charge on any atom is 0.177 e. The monoisotopic (exact) mass is 240 g/mol. The fraction of sp³-hybridized carbons (Fsp3) is 0.583. The molecule has 0 spiro atoms. The van der Waals surface area contributed by atoms with Gasteiger partial charge in [0.05, 0.1) is 9.90 Å². The Labute approximate surface area is 98.4 Å². The van der Waals surface area contributed by atoms with Crippen molar-refractivity contribution in [2.24, 2.45) is 17.8 Å². The summed E-state index contributed by atoms with van der Waals surface area (Å²) in [4.78, 5) is 13.0. The summed E-state index contributed by atoms with van der Waals surface area (Å²) in [5.74, 6) is 1.99. The van der Waals surface area contributed by atoms with Gasteiger partial charge in [-0.25, -0.2) is 0 Å². The van der Waals surface area contributed by atoms with Crippen LogP contribution in [0.1, 0.15) is 35.4 Å². The number of ketones is 1. The second kappa shape index (κ2) is 3.60. The Hall–Kier alpha value is -0.340. The van der Waals surface area contributed by atoms with E-state index in [0.717, 1.165) is 4.88 Å². The zero-order chi connectivity index (χ0) is 10.4. The van der Waals surface area contributed by atoms with Crippen molar-refractivity contribution in [3.63, 3.8) is 0 Å². The van der Waals surface area contributed by atoms with E-state index >= 15 is 0 Å². The highest BCUT2D eigenvalue weighted by Crippen LogP contribution is 2.57. The van der Waals surface area contributed by atoms with Crippen LogP contribution in [0.4, 0.5) is 0 Å². The Morgan fingerprint density at radius 1 is 1.33 bits per heavy atom. The molecule has 0 aliphatic heterocycles. The quantitative estimate of drug-likeness (QED) is 0.714. The van der Waals surface area contributed by atoms with Gasteiger partial charge in [-0.05, 0) is 36.1 Å². The fourth-order valence-corrected chi connectivity index (χ4v) is 4.14. The number of thiophene rings is 1. The van der Waals surface area contributed by atoms with Gasteiger partial charge in [0.15, 0.2) is 5.78 Å². The van der Waals surface area contributed by atoms with Crippen LogP contribution in [0.3, 0.4) is 0 Å². The highest BCUT2D eigenvalue weighted by Gasteiger charge is 2.54. The summed E-state index contributed by atoms with van der Waals surface area (Å²) in [6.45, 7) is 0. The van der Waals surface area contributed by atoms with Gasteiger partial charge in [-0.1, -0.05) is 24.4 Å². The molecule has 1 heterocycles. The molecule has 0 amide bonds. The number of carbonyl (C=O) groups is 1. The van der Waals surface area contributed by atoms with Gasteiger partial charge in [-0.3, -0.25) is 4.79 Å². The Balaban J connectivity index is 1.79. The predicted octanol–water partition coefficient (Wildman–Crippen LogP) is 4.02. The highest BCUT2D eigenvalue weighted by atomic mass is 35.5. The first-order chi connectivity index (χ1) is 7.29. The molecule has 2 atom stereocenters. The lowest BCUT2D eigenvalue weighted by molar-refractivity contribution is 0.0960. The zero-order valence-electron chi connectivity index (χ0n) is 8.41. The molecule has 2 aliphatic rings. The first-order valence-electron chi connectivity index (χ1n) is 5.56. The number of rotatable bonds is 2. The summed E-state index contributed by atoms with van der Waals surface area (Å²) in [5.41, 5.74) is 0. The van der Waals surface area contributed by atoms with Crippen molar-refractivity contribution >= 4 is 28.7 Å². The first kappa shape index (κ1) is 9.86. The van der Waals surface area contributed by atoms with E-state index in [1.807, 2.05) is 11.4 Å². The lowest BCUT2D eigenvalue weighted by atomic mass is 10.0. The minimum atomic E-state index is 0.309. The summed E-state index contributed by atoms with van der Waals surface area (Å²) >= 11 is 7.48. The molecule has 1 aromatic heterocycles. The molecular formula is C12H13ClOS. The van der Waals surface area contributed by atoms with Crippen molar-refractivity contribution in [2.45, 2.75) is 25.7 Å². The summed E-state index contributed by atoms with van der Waals surface area (Å²) in [7, 11) is 0. The van der Waals surface area contributed by atoms with Crippen LogP contribution >= 0.6 is 22.9 Å². The second-order valence-corrected chi connectivity index (χ2v) is 5.92. The van der Waals surface area contributed by atoms with Crippen LogP contribution in [0.25, 0.3) is 0 Å². The molecular weight excluding hydrogens is 228 g/mol. The zero-order valence-corrected chi connectivity index (χ0v) is 9.98. The van der Waals surface area contributed by atoms with Crippen LogP contribution in [0.2, 0.25) is 5.02 Å². The topological polar surface area (TPSA) is 17.1 Å². The van der Waals surface area contributed by atoms with Gasteiger partial charge in [0.25, 0.3) is 0 Å². The van der Waals surface area contributed by atoms with Crippen LogP contribution in [0, 0.1) is 17.8 Å². The van der Waals surface area contributed by atoms with Crippen molar-refractivity contribution in [2.75, 3.05) is 0 Å². The Bertz CT molecular complexity index is 386. The summed E-state index contributed by atoms with van der Waals surface area (Å²) in [5, 5.41) is 2.55. The lowest BCUT2D eigenvalue weighted by Gasteiger charge is -2.04. The Morgan fingerprint density at radius 2 is 2.00 bits per heavy atom. The third-order valence-corrected chi connectivity index (χ3v) is 5.16. The number of hydrogen-bond donors (Lipinski definition) is 0. The molecule has 1 nitrogen and oxygen atoms in total. The molecule has 80 valence electrons. The van der Waals surface area contributed by atoms with Gasteiger partial charge in [0.1, 0.15) is 0 Å². The molecule has 0 aromatic carbocycles. The van der Waals surface area contributed by atoms with Gasteiger partial charge in [-0.15, -0.1) is 11.3 Å². The Morgan fingerprint density at radius 3 is 2.53 bits per heavy atom. The second-order valence-electron chi connectivity index (χ2n) is 4.60. The third-order valence-electron chi connectivity index (χ3n) is 3.80. The van der Waals surface area contributed by atoms with Crippen LogP contribution in [-0.4, -0.2) is 5.78 Å². The largest absolute Gasteiger partial charge is 0.293 e. The van der Waals surface area contributed by atoms with Crippen molar-refractivity contribution in [1.29, 1.82) is 0 Å². The van der Waals surface area contributed by atoms with E-state index in [2.05, 4.69) is 0 Å². The van der Waals surface area contributed by atoms with Gasteiger partial charge < -0.3 is 0 Å². The number of fused-ring (bicyclic) bond motifs is 1. The molecule has 15 heavy (non-hydrogen) atoms. The van der Waals surface area contributed by atoms with Gasteiger partial charge >= 0.3 is 0 Å². The van der Waals surface area contributed by atoms with Gasteiger partial charge in [0, 0.05) is 5.92 Å². The van der Waals surface area contributed by atoms with Crippen molar-refractivity contribution in [3.8, 4) is 0 Å². The van der Waals surface area contributed by atoms with E-state index in [9.17, 15) is 4.79 Å². The number of halogens is 1. The number of Topliss-reactive ketones (excluding diaryl/α,β-unsaturated/α-hetero) is 1. The molecule has 0 radical (unpaired) electrons. The molecule has 0 bridgehead atoms. The maximum absolute atomic E-state index is 12.2. The van der Waals surface area contributed by atoms with E-state index in [-0.39, 0.29) is 0 Å². The van der Waals surface area contributed by atoms with Crippen molar-refractivity contribution in [1.82, 2.24) is 0 Å². The number of carbonyl (C=O) groups excluding carboxylic acids is 1. The molecule has 2 fully saturated rings. The SMILES string of the molecule is O=C(c1sccc1Cl)C1C2CCCCC21. The average Bonchev–Trinajstić information content (AvgIpc) is 2.83. The van der Waals surface area contributed by atoms with Crippen LogP contribution in [0.5, 0.6) is 0 Å².